The van der Waals surface area contributed by atoms with Crippen molar-refractivity contribution >= 4 is 11.3 Å². The summed E-state index contributed by atoms with van der Waals surface area (Å²) in [6, 6.07) is 11.8. The molecular weight excluding hydrogens is 268 g/mol. The van der Waals surface area contributed by atoms with Crippen LogP contribution in [0.3, 0.4) is 0 Å². The molecule has 1 aromatic carbocycles. The normalized spacial score (nSPS) is 13.2. The third kappa shape index (κ3) is 3.22. The molecule has 1 atom stereocenters. The van der Waals surface area contributed by atoms with Crippen molar-refractivity contribution in [2.45, 2.75) is 39.2 Å². The summed E-state index contributed by atoms with van der Waals surface area (Å²) >= 11 is 1.66. The number of rotatable bonds is 4. The van der Waals surface area contributed by atoms with Gasteiger partial charge >= 0.3 is 0 Å². The zero-order valence-electron chi connectivity index (χ0n) is 12.5. The largest absolute Gasteiger partial charge is 0.493 e. The lowest BCUT2D eigenvalue weighted by atomic mass is 9.95. The van der Waals surface area contributed by atoms with Crippen molar-refractivity contribution < 1.29 is 9.84 Å². The minimum Gasteiger partial charge on any atom is -0.493 e. The van der Waals surface area contributed by atoms with Gasteiger partial charge in [-0.2, -0.15) is 0 Å². The van der Waals surface area contributed by atoms with Crippen LogP contribution in [-0.4, -0.2) is 11.7 Å². The van der Waals surface area contributed by atoms with Gasteiger partial charge < -0.3 is 9.84 Å². The standard InChI is InChI=1S/C17H22O2S/c1-5-19-13-9-7-6-8-12(13)16(18)14-10-11-15(20-14)17(2,3)4/h6-11,16,18H,5H2,1-4H3. The highest BCUT2D eigenvalue weighted by molar-refractivity contribution is 7.12. The molecule has 0 aliphatic rings. The van der Waals surface area contributed by atoms with E-state index in [1.807, 2.05) is 37.3 Å². The highest BCUT2D eigenvalue weighted by Gasteiger charge is 2.21. The number of hydrogen-bond acceptors (Lipinski definition) is 3. The number of hydrogen-bond donors (Lipinski definition) is 1. The number of aliphatic hydroxyl groups is 1. The summed E-state index contributed by atoms with van der Waals surface area (Å²) in [7, 11) is 0. The molecule has 20 heavy (non-hydrogen) atoms. The highest BCUT2D eigenvalue weighted by Crippen LogP contribution is 2.37. The van der Waals surface area contributed by atoms with Crippen molar-refractivity contribution in [3.8, 4) is 5.75 Å². The van der Waals surface area contributed by atoms with Crippen LogP contribution >= 0.6 is 11.3 Å². The molecule has 0 bridgehead atoms. The summed E-state index contributed by atoms with van der Waals surface area (Å²) in [6.07, 6.45) is -0.626. The molecule has 0 spiro atoms. The van der Waals surface area contributed by atoms with Crippen LogP contribution in [0.25, 0.3) is 0 Å². The fraction of sp³-hybridized carbons (Fsp3) is 0.412. The second kappa shape index (κ2) is 5.98. The third-order valence-electron chi connectivity index (χ3n) is 3.15. The first-order valence-corrected chi connectivity index (χ1v) is 7.75. The molecule has 0 aliphatic heterocycles. The molecule has 1 N–H and O–H groups in total. The van der Waals surface area contributed by atoms with E-state index in [0.717, 1.165) is 16.2 Å². The van der Waals surface area contributed by atoms with Crippen molar-refractivity contribution in [2.24, 2.45) is 0 Å². The molecule has 1 unspecified atom stereocenters. The quantitative estimate of drug-likeness (QED) is 0.896. The van der Waals surface area contributed by atoms with Gasteiger partial charge in [0, 0.05) is 15.3 Å². The average Bonchev–Trinajstić information content (AvgIpc) is 2.88. The molecule has 2 rings (SSSR count). The Morgan fingerprint density at radius 3 is 2.45 bits per heavy atom. The van der Waals surface area contributed by atoms with Crippen LogP contribution in [-0.2, 0) is 5.41 Å². The molecule has 0 saturated heterocycles. The van der Waals surface area contributed by atoms with Crippen molar-refractivity contribution in [3.63, 3.8) is 0 Å². The van der Waals surface area contributed by atoms with Crippen LogP contribution in [0.4, 0.5) is 0 Å². The molecule has 0 radical (unpaired) electrons. The lowest BCUT2D eigenvalue weighted by Crippen LogP contribution is -2.08. The van der Waals surface area contributed by atoms with Gasteiger partial charge in [-0.1, -0.05) is 39.0 Å². The van der Waals surface area contributed by atoms with E-state index in [1.54, 1.807) is 11.3 Å². The minimum atomic E-state index is -0.626. The Balaban J connectivity index is 2.32. The molecule has 3 heteroatoms. The minimum absolute atomic E-state index is 0.113. The Bertz CT molecular complexity index is 566. The molecule has 0 amide bonds. The van der Waals surface area contributed by atoms with Gasteiger partial charge in [-0.05, 0) is 30.5 Å². The second-order valence-corrected chi connectivity index (χ2v) is 6.94. The van der Waals surface area contributed by atoms with Gasteiger partial charge in [0.05, 0.1) is 6.61 Å². The predicted octanol–water partition coefficient (Wildman–Crippen LogP) is 4.53. The lowest BCUT2D eigenvalue weighted by molar-refractivity contribution is 0.215. The second-order valence-electron chi connectivity index (χ2n) is 5.83. The molecule has 1 heterocycles. The van der Waals surface area contributed by atoms with Gasteiger partial charge in [0.25, 0.3) is 0 Å². The Hall–Kier alpha value is -1.32. The summed E-state index contributed by atoms with van der Waals surface area (Å²) in [4.78, 5) is 2.24. The van der Waals surface area contributed by atoms with Crippen LogP contribution in [0.5, 0.6) is 5.75 Å². The molecule has 2 nitrogen and oxygen atoms in total. The van der Waals surface area contributed by atoms with Gasteiger partial charge in [-0.25, -0.2) is 0 Å². The van der Waals surface area contributed by atoms with Gasteiger partial charge in [-0.3, -0.25) is 0 Å². The van der Waals surface area contributed by atoms with Gasteiger partial charge in [0.1, 0.15) is 11.9 Å². The smallest absolute Gasteiger partial charge is 0.125 e. The Labute approximate surface area is 125 Å². The number of benzene rings is 1. The molecular formula is C17H22O2S. The first kappa shape index (κ1) is 15.1. The number of aliphatic hydroxyl groups excluding tert-OH is 1. The summed E-state index contributed by atoms with van der Waals surface area (Å²) < 4.78 is 5.60. The first-order chi connectivity index (χ1) is 9.43. The SMILES string of the molecule is CCOc1ccccc1C(O)c1ccc(C(C)(C)C)s1. The van der Waals surface area contributed by atoms with Crippen LogP contribution in [0.1, 0.15) is 49.1 Å². The van der Waals surface area contributed by atoms with Crippen LogP contribution in [0.15, 0.2) is 36.4 Å². The molecule has 0 aliphatic carbocycles. The van der Waals surface area contributed by atoms with Gasteiger partial charge in [-0.15, -0.1) is 11.3 Å². The maximum absolute atomic E-state index is 10.6. The number of para-hydroxylation sites is 1. The molecule has 0 saturated carbocycles. The third-order valence-corrected chi connectivity index (χ3v) is 4.71. The van der Waals surface area contributed by atoms with Crippen LogP contribution in [0.2, 0.25) is 0 Å². The summed E-state index contributed by atoms with van der Waals surface area (Å²) in [5.41, 5.74) is 0.943. The Kier molecular flexibility index (Phi) is 4.51. The van der Waals surface area contributed by atoms with E-state index >= 15 is 0 Å². The zero-order valence-corrected chi connectivity index (χ0v) is 13.3. The maximum atomic E-state index is 10.6. The number of ether oxygens (including phenoxy) is 1. The summed E-state index contributed by atoms with van der Waals surface area (Å²) in [5.74, 6) is 0.758. The molecule has 108 valence electrons. The molecule has 2 aromatic rings. The highest BCUT2D eigenvalue weighted by atomic mass is 32.1. The van der Waals surface area contributed by atoms with E-state index in [1.165, 1.54) is 4.88 Å². The molecule has 1 aromatic heterocycles. The fourth-order valence-electron chi connectivity index (χ4n) is 2.05. The van der Waals surface area contributed by atoms with E-state index in [0.29, 0.717) is 6.61 Å². The van der Waals surface area contributed by atoms with Crippen molar-refractivity contribution in [2.75, 3.05) is 6.61 Å². The van der Waals surface area contributed by atoms with Crippen molar-refractivity contribution in [3.05, 3.63) is 51.7 Å². The zero-order chi connectivity index (χ0) is 14.8. The molecule has 0 fully saturated rings. The van der Waals surface area contributed by atoms with E-state index in [4.69, 9.17) is 4.74 Å². The fourth-order valence-corrected chi connectivity index (χ4v) is 3.12. The van der Waals surface area contributed by atoms with E-state index in [2.05, 4.69) is 26.8 Å². The lowest BCUT2D eigenvalue weighted by Gasteiger charge is -2.16. The van der Waals surface area contributed by atoms with Gasteiger partial charge in [0.2, 0.25) is 0 Å². The average molecular weight is 290 g/mol. The number of thiophene rings is 1. The van der Waals surface area contributed by atoms with Crippen LogP contribution < -0.4 is 4.74 Å². The van der Waals surface area contributed by atoms with Crippen molar-refractivity contribution in [1.82, 2.24) is 0 Å². The summed E-state index contributed by atoms with van der Waals surface area (Å²) in [5, 5.41) is 10.6. The van der Waals surface area contributed by atoms with Gasteiger partial charge in [0.15, 0.2) is 0 Å². The van der Waals surface area contributed by atoms with Crippen molar-refractivity contribution in [1.29, 1.82) is 0 Å². The predicted molar refractivity (Wildman–Crippen MR) is 84.7 cm³/mol. The Morgan fingerprint density at radius 1 is 1.15 bits per heavy atom. The van der Waals surface area contributed by atoms with Crippen LogP contribution in [0, 0.1) is 0 Å². The van der Waals surface area contributed by atoms with E-state index < -0.39 is 6.10 Å². The summed E-state index contributed by atoms with van der Waals surface area (Å²) in [6.45, 7) is 9.10. The van der Waals surface area contributed by atoms with E-state index in [-0.39, 0.29) is 5.41 Å². The maximum Gasteiger partial charge on any atom is 0.125 e. The van der Waals surface area contributed by atoms with E-state index in [9.17, 15) is 5.11 Å². The first-order valence-electron chi connectivity index (χ1n) is 6.93. The Morgan fingerprint density at radius 2 is 1.85 bits per heavy atom. The topological polar surface area (TPSA) is 29.5 Å². The monoisotopic (exact) mass is 290 g/mol.